The number of nitrogens with zero attached hydrogens (tertiary/aromatic N) is 1. The third-order valence-corrected chi connectivity index (χ3v) is 4.46. The number of nitrogens with one attached hydrogen (secondary N) is 1. The molecule has 7 nitrogen and oxygen atoms in total. The van der Waals surface area contributed by atoms with Gasteiger partial charge in [0.25, 0.3) is 11.5 Å². The molecule has 8 heteroatoms. The SMILES string of the molecule is CCC(N)Cn1c(=O)[nH]c2sc(C(N)=O)c(C)c2c1=O. The standard InChI is InChI=1S/C12H16N4O3S/c1-3-6(13)4-16-11(18)7-5(2)8(9(14)17)20-10(7)15-12(16)19/h6H,3-4,13H2,1-2H3,(H2,14,17)(H,15,19). The number of hydrogen-bond acceptors (Lipinski definition) is 5. The quantitative estimate of drug-likeness (QED) is 0.728. The van der Waals surface area contributed by atoms with Crippen molar-refractivity contribution in [3.05, 3.63) is 31.3 Å². The minimum atomic E-state index is -0.610. The summed E-state index contributed by atoms with van der Waals surface area (Å²) >= 11 is 1.02. The summed E-state index contributed by atoms with van der Waals surface area (Å²) in [6, 6.07) is -0.277. The van der Waals surface area contributed by atoms with E-state index < -0.39 is 17.2 Å². The zero-order chi connectivity index (χ0) is 15.0. The number of primary amides is 1. The molecule has 0 radical (unpaired) electrons. The van der Waals surface area contributed by atoms with Gasteiger partial charge in [-0.25, -0.2) is 4.79 Å². The molecule has 2 rings (SSSR count). The predicted molar refractivity (Wildman–Crippen MR) is 78.2 cm³/mol. The molecule has 2 heterocycles. The van der Waals surface area contributed by atoms with Gasteiger partial charge in [0.2, 0.25) is 0 Å². The Morgan fingerprint density at radius 1 is 1.45 bits per heavy atom. The highest BCUT2D eigenvalue weighted by Gasteiger charge is 2.19. The molecule has 0 saturated heterocycles. The fourth-order valence-corrected chi connectivity index (χ4v) is 3.06. The van der Waals surface area contributed by atoms with E-state index in [1.165, 1.54) is 0 Å². The minimum Gasteiger partial charge on any atom is -0.365 e. The number of nitrogens with two attached hydrogens (primary N) is 2. The number of carbonyl (C=O) groups excluding carboxylic acids is 1. The molecule has 0 aliphatic carbocycles. The highest BCUT2D eigenvalue weighted by Crippen LogP contribution is 2.25. The summed E-state index contributed by atoms with van der Waals surface area (Å²) in [5, 5.41) is 0.326. The Bertz CT molecular complexity index is 786. The number of amides is 1. The van der Waals surface area contributed by atoms with E-state index >= 15 is 0 Å². The van der Waals surface area contributed by atoms with E-state index in [1.807, 2.05) is 6.92 Å². The van der Waals surface area contributed by atoms with Gasteiger partial charge in [-0.15, -0.1) is 11.3 Å². The number of aromatic amines is 1. The molecule has 0 bridgehead atoms. The third-order valence-electron chi connectivity index (χ3n) is 3.24. The number of rotatable bonds is 4. The number of thiophene rings is 1. The van der Waals surface area contributed by atoms with Crippen LogP contribution in [-0.4, -0.2) is 21.5 Å². The first kappa shape index (κ1) is 14.5. The first-order valence-corrected chi connectivity index (χ1v) is 7.00. The molecule has 0 aliphatic heterocycles. The molecule has 0 aromatic carbocycles. The molecule has 1 amide bonds. The molecule has 0 spiro atoms. The van der Waals surface area contributed by atoms with Crippen LogP contribution in [0.15, 0.2) is 9.59 Å². The van der Waals surface area contributed by atoms with Crippen LogP contribution >= 0.6 is 11.3 Å². The fraction of sp³-hybridized carbons (Fsp3) is 0.417. The molecule has 108 valence electrons. The van der Waals surface area contributed by atoms with Crippen molar-refractivity contribution in [1.29, 1.82) is 0 Å². The lowest BCUT2D eigenvalue weighted by Gasteiger charge is -2.10. The molecule has 1 unspecified atom stereocenters. The fourth-order valence-electron chi connectivity index (χ4n) is 2.02. The van der Waals surface area contributed by atoms with Gasteiger partial charge < -0.3 is 11.5 Å². The van der Waals surface area contributed by atoms with Crippen molar-refractivity contribution in [3.8, 4) is 0 Å². The van der Waals surface area contributed by atoms with Gasteiger partial charge >= 0.3 is 5.69 Å². The molecule has 0 fully saturated rings. The lowest BCUT2D eigenvalue weighted by Crippen LogP contribution is -2.40. The van der Waals surface area contributed by atoms with Crippen LogP contribution in [0.25, 0.3) is 10.2 Å². The Hall–Kier alpha value is -1.93. The largest absolute Gasteiger partial charge is 0.365 e. The van der Waals surface area contributed by atoms with Gasteiger partial charge in [-0.05, 0) is 18.9 Å². The first-order valence-electron chi connectivity index (χ1n) is 6.18. The second-order valence-electron chi connectivity index (χ2n) is 4.64. The first-order chi connectivity index (χ1) is 9.36. The number of aromatic nitrogens is 2. The molecule has 20 heavy (non-hydrogen) atoms. The molecule has 5 N–H and O–H groups in total. The summed E-state index contributed by atoms with van der Waals surface area (Å²) < 4.78 is 1.07. The number of carbonyl (C=O) groups is 1. The Labute approximate surface area is 118 Å². The van der Waals surface area contributed by atoms with Crippen LogP contribution in [0.2, 0.25) is 0 Å². The summed E-state index contributed by atoms with van der Waals surface area (Å²) in [4.78, 5) is 38.9. The van der Waals surface area contributed by atoms with Crippen LogP contribution in [0.3, 0.4) is 0 Å². The Kier molecular flexibility index (Phi) is 3.78. The van der Waals surface area contributed by atoms with Gasteiger partial charge in [0.05, 0.1) is 10.3 Å². The summed E-state index contributed by atoms with van der Waals surface area (Å²) in [5.41, 5.74) is 10.6. The summed E-state index contributed by atoms with van der Waals surface area (Å²) in [6.45, 7) is 3.66. The third kappa shape index (κ3) is 2.27. The molecule has 0 aliphatic rings. The number of aryl methyl sites for hydroxylation is 1. The van der Waals surface area contributed by atoms with Crippen molar-refractivity contribution in [2.24, 2.45) is 11.5 Å². The molecule has 2 aromatic heterocycles. The van der Waals surface area contributed by atoms with E-state index in [0.29, 0.717) is 22.2 Å². The van der Waals surface area contributed by atoms with E-state index in [0.717, 1.165) is 15.9 Å². The molecule has 0 saturated carbocycles. The molecular formula is C12H16N4O3S. The Balaban J connectivity index is 2.75. The van der Waals surface area contributed by atoms with Crippen molar-refractivity contribution >= 4 is 27.5 Å². The maximum atomic E-state index is 12.4. The molecular weight excluding hydrogens is 280 g/mol. The van der Waals surface area contributed by atoms with Crippen molar-refractivity contribution in [1.82, 2.24) is 9.55 Å². The van der Waals surface area contributed by atoms with Crippen LogP contribution in [0.5, 0.6) is 0 Å². The van der Waals surface area contributed by atoms with Crippen molar-refractivity contribution < 1.29 is 4.79 Å². The van der Waals surface area contributed by atoms with E-state index in [2.05, 4.69) is 4.98 Å². The van der Waals surface area contributed by atoms with E-state index in [4.69, 9.17) is 11.5 Å². The molecule has 1 atom stereocenters. The van der Waals surface area contributed by atoms with Gasteiger partial charge in [0.1, 0.15) is 4.83 Å². The Morgan fingerprint density at radius 3 is 2.65 bits per heavy atom. The number of hydrogen-bond donors (Lipinski definition) is 3. The summed E-state index contributed by atoms with van der Waals surface area (Å²) in [7, 11) is 0. The zero-order valence-corrected chi connectivity index (χ0v) is 12.0. The average Bonchev–Trinajstić information content (AvgIpc) is 2.71. The van der Waals surface area contributed by atoms with Crippen LogP contribution in [0.4, 0.5) is 0 Å². The van der Waals surface area contributed by atoms with E-state index in [1.54, 1.807) is 6.92 Å². The summed E-state index contributed by atoms with van der Waals surface area (Å²) in [5.74, 6) is -0.610. The molecule has 2 aromatic rings. The van der Waals surface area contributed by atoms with Gasteiger partial charge in [0, 0.05) is 12.6 Å². The normalized spacial score (nSPS) is 12.8. The van der Waals surface area contributed by atoms with Crippen LogP contribution < -0.4 is 22.7 Å². The van der Waals surface area contributed by atoms with Gasteiger partial charge in [-0.3, -0.25) is 19.1 Å². The maximum absolute atomic E-state index is 12.4. The lowest BCUT2D eigenvalue weighted by atomic mass is 10.2. The van der Waals surface area contributed by atoms with E-state index in [9.17, 15) is 14.4 Å². The van der Waals surface area contributed by atoms with Crippen LogP contribution in [0.1, 0.15) is 28.6 Å². The highest BCUT2D eigenvalue weighted by molar-refractivity contribution is 7.20. The van der Waals surface area contributed by atoms with Crippen molar-refractivity contribution in [2.45, 2.75) is 32.9 Å². The van der Waals surface area contributed by atoms with Crippen molar-refractivity contribution in [2.75, 3.05) is 0 Å². The van der Waals surface area contributed by atoms with Crippen LogP contribution in [0, 0.1) is 6.92 Å². The smallest absolute Gasteiger partial charge is 0.329 e. The monoisotopic (exact) mass is 296 g/mol. The Morgan fingerprint density at radius 2 is 2.10 bits per heavy atom. The lowest BCUT2D eigenvalue weighted by molar-refractivity contribution is 0.100. The topological polar surface area (TPSA) is 124 Å². The second-order valence-corrected chi connectivity index (χ2v) is 5.66. The minimum absolute atomic E-state index is 0.141. The highest BCUT2D eigenvalue weighted by atomic mass is 32.1. The van der Waals surface area contributed by atoms with E-state index in [-0.39, 0.29) is 17.5 Å². The number of fused-ring (bicyclic) bond motifs is 1. The average molecular weight is 296 g/mol. The predicted octanol–water partition coefficient (Wildman–Crippen LogP) is -0.104. The van der Waals surface area contributed by atoms with Crippen molar-refractivity contribution in [3.63, 3.8) is 0 Å². The van der Waals surface area contributed by atoms with Crippen LogP contribution in [-0.2, 0) is 6.54 Å². The van der Waals surface area contributed by atoms with Gasteiger partial charge in [-0.2, -0.15) is 0 Å². The number of H-pyrrole nitrogens is 1. The summed E-state index contributed by atoms with van der Waals surface area (Å²) in [6.07, 6.45) is 0.652. The zero-order valence-electron chi connectivity index (χ0n) is 11.2. The van der Waals surface area contributed by atoms with Gasteiger partial charge in [-0.1, -0.05) is 6.92 Å². The second kappa shape index (κ2) is 5.22. The maximum Gasteiger partial charge on any atom is 0.329 e. The van der Waals surface area contributed by atoms with Gasteiger partial charge in [0.15, 0.2) is 0 Å².